The highest BCUT2D eigenvalue weighted by Gasteiger charge is 2.20. The van der Waals surface area contributed by atoms with E-state index in [0.717, 1.165) is 17.7 Å². The Hall–Kier alpha value is -1.44. The molecule has 1 aromatic carbocycles. The quantitative estimate of drug-likeness (QED) is 0.724. The molecule has 0 aromatic heterocycles. The molecule has 2 heteroatoms. The number of benzene rings is 1. The third-order valence-corrected chi connectivity index (χ3v) is 3.38. The van der Waals surface area contributed by atoms with Crippen molar-refractivity contribution >= 4 is 7.85 Å². The lowest BCUT2D eigenvalue weighted by Gasteiger charge is -2.26. The van der Waals surface area contributed by atoms with Crippen LogP contribution in [0.25, 0.3) is 0 Å². The molecular weight excluding hydrogens is 219 g/mol. The fourth-order valence-corrected chi connectivity index (χ4v) is 2.19. The first-order chi connectivity index (χ1) is 8.66. The third kappa shape index (κ3) is 3.28. The highest BCUT2D eigenvalue weighted by atomic mass is 16.5. The summed E-state index contributed by atoms with van der Waals surface area (Å²) >= 11 is 0. The van der Waals surface area contributed by atoms with Crippen LogP contribution in [-0.4, -0.2) is 7.85 Å². The van der Waals surface area contributed by atoms with Crippen LogP contribution in [-0.2, 0) is 11.3 Å². The summed E-state index contributed by atoms with van der Waals surface area (Å²) in [5, 5.41) is 0. The molecule has 1 aliphatic rings. The Bertz CT molecular complexity index is 445. The number of rotatable bonds is 4. The van der Waals surface area contributed by atoms with Crippen LogP contribution in [0.4, 0.5) is 0 Å². The average molecular weight is 238 g/mol. The van der Waals surface area contributed by atoms with Crippen molar-refractivity contribution in [3.63, 3.8) is 0 Å². The third-order valence-electron chi connectivity index (χ3n) is 3.38. The van der Waals surface area contributed by atoms with E-state index in [-0.39, 0.29) is 0 Å². The molecule has 1 nitrogen and oxygen atoms in total. The number of hydrogen-bond acceptors (Lipinski definition) is 1. The van der Waals surface area contributed by atoms with Crippen molar-refractivity contribution < 1.29 is 4.74 Å². The second-order valence-electron chi connectivity index (χ2n) is 5.13. The molecule has 92 valence electrons. The van der Waals surface area contributed by atoms with Crippen LogP contribution >= 0.6 is 0 Å². The summed E-state index contributed by atoms with van der Waals surface area (Å²) < 4.78 is 5.86. The van der Waals surface area contributed by atoms with Gasteiger partial charge in [-0.2, -0.15) is 0 Å². The van der Waals surface area contributed by atoms with E-state index in [1.54, 1.807) is 0 Å². The van der Waals surface area contributed by atoms with E-state index in [1.165, 1.54) is 5.56 Å². The van der Waals surface area contributed by atoms with Crippen LogP contribution in [0.1, 0.15) is 25.8 Å². The molecule has 18 heavy (non-hydrogen) atoms. The Labute approximate surface area is 111 Å². The molecule has 0 spiro atoms. The summed E-state index contributed by atoms with van der Waals surface area (Å²) in [6.07, 6.45) is 4.89. The van der Waals surface area contributed by atoms with E-state index in [2.05, 4.69) is 26.0 Å². The zero-order valence-electron chi connectivity index (χ0n) is 11.1. The van der Waals surface area contributed by atoms with Crippen molar-refractivity contribution in [2.45, 2.75) is 26.9 Å². The van der Waals surface area contributed by atoms with Gasteiger partial charge in [0.2, 0.25) is 0 Å². The number of ether oxygens (including phenoxy) is 1. The van der Waals surface area contributed by atoms with Crippen molar-refractivity contribution in [3.05, 3.63) is 59.3 Å². The molecule has 0 saturated carbocycles. The minimum atomic E-state index is 0.403. The van der Waals surface area contributed by atoms with Gasteiger partial charge in [-0.05, 0) is 23.5 Å². The largest absolute Gasteiger partial charge is 0.493 e. The predicted molar refractivity (Wildman–Crippen MR) is 76.1 cm³/mol. The van der Waals surface area contributed by atoms with Gasteiger partial charge in [0.25, 0.3) is 0 Å². The number of hydrogen-bond donors (Lipinski definition) is 0. The molecular formula is C16H19BO. The zero-order chi connectivity index (χ0) is 13.0. The SMILES string of the molecule is [B]C1=CC=C(OCc2ccccc2)CC1C(C)C. The van der Waals surface area contributed by atoms with E-state index < -0.39 is 0 Å². The van der Waals surface area contributed by atoms with Crippen LogP contribution in [0.3, 0.4) is 0 Å². The summed E-state index contributed by atoms with van der Waals surface area (Å²) in [6.45, 7) is 5.03. The van der Waals surface area contributed by atoms with Gasteiger partial charge in [-0.25, -0.2) is 0 Å². The molecule has 1 aliphatic carbocycles. The Morgan fingerprint density at radius 1 is 1.22 bits per heavy atom. The van der Waals surface area contributed by atoms with Crippen molar-refractivity contribution in [3.8, 4) is 0 Å². The van der Waals surface area contributed by atoms with E-state index >= 15 is 0 Å². The van der Waals surface area contributed by atoms with Crippen LogP contribution in [0.5, 0.6) is 0 Å². The first-order valence-electron chi connectivity index (χ1n) is 6.49. The lowest BCUT2D eigenvalue weighted by atomic mass is 9.73. The van der Waals surface area contributed by atoms with Gasteiger partial charge in [-0.3, -0.25) is 0 Å². The van der Waals surface area contributed by atoms with Gasteiger partial charge in [0.1, 0.15) is 14.5 Å². The second kappa shape index (κ2) is 5.95. The van der Waals surface area contributed by atoms with Crippen LogP contribution < -0.4 is 0 Å². The fraction of sp³-hybridized carbons (Fsp3) is 0.375. The summed E-state index contributed by atoms with van der Waals surface area (Å²) in [6, 6.07) is 10.2. The molecule has 1 atom stereocenters. The molecule has 0 heterocycles. The molecule has 0 fully saturated rings. The molecule has 0 saturated heterocycles. The smallest absolute Gasteiger partial charge is 0.113 e. The van der Waals surface area contributed by atoms with Gasteiger partial charge in [-0.1, -0.05) is 50.3 Å². The minimum Gasteiger partial charge on any atom is -0.493 e. The highest BCUT2D eigenvalue weighted by Crippen LogP contribution is 2.30. The van der Waals surface area contributed by atoms with E-state index in [0.29, 0.717) is 18.4 Å². The Morgan fingerprint density at radius 2 is 1.94 bits per heavy atom. The van der Waals surface area contributed by atoms with Gasteiger partial charge >= 0.3 is 0 Å². The van der Waals surface area contributed by atoms with Crippen molar-refractivity contribution in [1.82, 2.24) is 0 Å². The lowest BCUT2D eigenvalue weighted by Crippen LogP contribution is -2.16. The summed E-state index contributed by atoms with van der Waals surface area (Å²) in [5.74, 6) is 1.98. The van der Waals surface area contributed by atoms with E-state index in [1.807, 2.05) is 30.4 Å². The van der Waals surface area contributed by atoms with E-state index in [4.69, 9.17) is 12.6 Å². The van der Waals surface area contributed by atoms with E-state index in [9.17, 15) is 0 Å². The maximum atomic E-state index is 6.01. The Morgan fingerprint density at radius 3 is 2.61 bits per heavy atom. The summed E-state index contributed by atoms with van der Waals surface area (Å²) in [5.41, 5.74) is 2.17. The monoisotopic (exact) mass is 238 g/mol. The molecule has 2 rings (SSSR count). The normalized spacial score (nSPS) is 19.4. The first kappa shape index (κ1) is 13.0. The molecule has 2 radical (unpaired) electrons. The van der Waals surface area contributed by atoms with Gasteiger partial charge < -0.3 is 4.74 Å². The molecule has 1 unspecified atom stereocenters. The van der Waals surface area contributed by atoms with Gasteiger partial charge in [0.05, 0.1) is 5.76 Å². The lowest BCUT2D eigenvalue weighted by molar-refractivity contribution is 0.175. The number of allylic oxidation sites excluding steroid dienone is 4. The first-order valence-corrected chi connectivity index (χ1v) is 6.49. The van der Waals surface area contributed by atoms with Gasteiger partial charge in [-0.15, -0.1) is 5.47 Å². The van der Waals surface area contributed by atoms with Crippen molar-refractivity contribution in [2.24, 2.45) is 11.8 Å². The topological polar surface area (TPSA) is 9.23 Å². The maximum absolute atomic E-state index is 6.01. The maximum Gasteiger partial charge on any atom is 0.113 e. The van der Waals surface area contributed by atoms with Crippen molar-refractivity contribution in [1.29, 1.82) is 0 Å². The molecule has 0 N–H and O–H groups in total. The van der Waals surface area contributed by atoms with Gasteiger partial charge in [0, 0.05) is 6.42 Å². The highest BCUT2D eigenvalue weighted by molar-refractivity contribution is 6.22. The standard InChI is InChI=1S/C16H19BO/c1-12(2)15-10-14(8-9-16(15)17)18-11-13-6-4-3-5-7-13/h3-9,12,15H,10-11H2,1-2H3. The van der Waals surface area contributed by atoms with Crippen molar-refractivity contribution in [2.75, 3.05) is 0 Å². The average Bonchev–Trinajstić information content (AvgIpc) is 2.38. The van der Waals surface area contributed by atoms with Crippen LogP contribution in [0.15, 0.2) is 53.7 Å². The minimum absolute atomic E-state index is 0.403. The molecule has 1 aromatic rings. The van der Waals surface area contributed by atoms with Crippen LogP contribution in [0, 0.1) is 11.8 Å². The Kier molecular flexibility index (Phi) is 4.30. The predicted octanol–water partition coefficient (Wildman–Crippen LogP) is 3.82. The zero-order valence-corrected chi connectivity index (χ0v) is 11.1. The van der Waals surface area contributed by atoms with Crippen LogP contribution in [0.2, 0.25) is 0 Å². The summed E-state index contributed by atoms with van der Waals surface area (Å²) in [4.78, 5) is 0. The fourth-order valence-electron chi connectivity index (χ4n) is 2.19. The second-order valence-corrected chi connectivity index (χ2v) is 5.13. The Balaban J connectivity index is 1.95. The van der Waals surface area contributed by atoms with Gasteiger partial charge in [0.15, 0.2) is 0 Å². The summed E-state index contributed by atoms with van der Waals surface area (Å²) in [7, 11) is 6.01. The molecule has 0 amide bonds. The molecule has 0 bridgehead atoms. The molecule has 0 aliphatic heterocycles.